The van der Waals surface area contributed by atoms with Crippen LogP contribution in [0, 0.1) is 11.7 Å². The molecule has 1 N–H and O–H groups in total. The van der Waals surface area contributed by atoms with Crippen molar-refractivity contribution in [3.05, 3.63) is 46.3 Å². The topological polar surface area (TPSA) is 88.3 Å². The lowest BCUT2D eigenvalue weighted by atomic mass is 9.92. The number of halogens is 2. The van der Waals surface area contributed by atoms with Gasteiger partial charge in [-0.1, -0.05) is 36.7 Å². The Balaban J connectivity index is 1.78. The molecule has 1 aliphatic rings. The molecule has 1 unspecified atom stereocenters. The summed E-state index contributed by atoms with van der Waals surface area (Å²) in [5, 5.41) is 6.55. The Bertz CT molecular complexity index is 885. The molecular formula is C18H20ClFN4O3. The lowest BCUT2D eigenvalue weighted by molar-refractivity contribution is -0.131. The number of benzene rings is 1. The van der Waals surface area contributed by atoms with Gasteiger partial charge in [-0.25, -0.2) is 9.18 Å². The molecule has 1 aromatic carbocycles. The van der Waals surface area contributed by atoms with E-state index in [1.807, 2.05) is 0 Å². The Morgan fingerprint density at radius 2 is 2.11 bits per heavy atom. The lowest BCUT2D eigenvalue weighted by Gasteiger charge is -2.23. The van der Waals surface area contributed by atoms with E-state index in [1.54, 1.807) is 0 Å². The van der Waals surface area contributed by atoms with Gasteiger partial charge in [0.15, 0.2) is 5.82 Å². The predicted molar refractivity (Wildman–Crippen MR) is 95.3 cm³/mol. The molecule has 7 nitrogen and oxygen atoms in total. The van der Waals surface area contributed by atoms with Crippen LogP contribution in [0.4, 0.5) is 9.18 Å². The van der Waals surface area contributed by atoms with Crippen LogP contribution in [0.25, 0.3) is 0 Å². The molecule has 1 aromatic heterocycles. The van der Waals surface area contributed by atoms with Gasteiger partial charge in [-0.3, -0.25) is 9.69 Å². The normalized spacial score (nSPS) is 19.9. The van der Waals surface area contributed by atoms with Gasteiger partial charge >= 0.3 is 6.03 Å². The van der Waals surface area contributed by atoms with Crippen molar-refractivity contribution < 1.29 is 18.5 Å². The highest BCUT2D eigenvalue weighted by Gasteiger charge is 2.50. The minimum Gasteiger partial charge on any atom is -0.337 e. The van der Waals surface area contributed by atoms with Crippen LogP contribution < -0.4 is 5.32 Å². The molecule has 1 aliphatic heterocycles. The molecule has 1 fully saturated rings. The first-order valence-corrected chi connectivity index (χ1v) is 8.99. The molecule has 0 aliphatic carbocycles. The van der Waals surface area contributed by atoms with E-state index in [2.05, 4.69) is 29.3 Å². The summed E-state index contributed by atoms with van der Waals surface area (Å²) >= 11 is 6.08. The van der Waals surface area contributed by atoms with E-state index >= 15 is 0 Å². The fourth-order valence-electron chi connectivity index (χ4n) is 2.93. The Hall–Kier alpha value is -2.48. The van der Waals surface area contributed by atoms with Crippen molar-refractivity contribution in [2.75, 3.05) is 0 Å². The van der Waals surface area contributed by atoms with E-state index in [9.17, 15) is 14.0 Å². The van der Waals surface area contributed by atoms with Crippen molar-refractivity contribution in [2.24, 2.45) is 5.92 Å². The molecule has 1 saturated heterocycles. The smallest absolute Gasteiger partial charge is 0.325 e. The van der Waals surface area contributed by atoms with Crippen LogP contribution in [0.3, 0.4) is 0 Å². The van der Waals surface area contributed by atoms with Gasteiger partial charge in [-0.2, -0.15) is 4.98 Å². The molecule has 144 valence electrons. The maximum atomic E-state index is 13.3. The highest BCUT2D eigenvalue weighted by molar-refractivity contribution is 6.32. The number of rotatable bonds is 6. The summed E-state index contributed by atoms with van der Waals surface area (Å²) in [6, 6.07) is 3.07. The molecule has 2 heterocycles. The Labute approximate surface area is 160 Å². The lowest BCUT2D eigenvalue weighted by Crippen LogP contribution is -2.41. The van der Waals surface area contributed by atoms with Gasteiger partial charge < -0.3 is 9.84 Å². The maximum absolute atomic E-state index is 13.3. The van der Waals surface area contributed by atoms with Crippen molar-refractivity contribution in [3.63, 3.8) is 0 Å². The summed E-state index contributed by atoms with van der Waals surface area (Å²) < 4.78 is 18.5. The van der Waals surface area contributed by atoms with Gasteiger partial charge in [-0.15, -0.1) is 0 Å². The second kappa shape index (κ2) is 7.26. The fraction of sp³-hybridized carbons (Fsp3) is 0.444. The third-order valence-electron chi connectivity index (χ3n) is 4.49. The van der Waals surface area contributed by atoms with Crippen molar-refractivity contribution in [3.8, 4) is 0 Å². The zero-order valence-corrected chi connectivity index (χ0v) is 16.0. The number of carbonyl (C=O) groups excluding carboxylic acids is 2. The molecule has 1 atom stereocenters. The molecule has 9 heteroatoms. The third kappa shape index (κ3) is 3.80. The van der Waals surface area contributed by atoms with E-state index in [1.165, 1.54) is 19.1 Å². The SMILES string of the molecule is CC(C)CCc1noc(CN2C(=O)NC(C)(c3ccc(F)cc3Cl)C2=O)n1. The van der Waals surface area contributed by atoms with E-state index in [0.29, 0.717) is 23.7 Å². The quantitative estimate of drug-likeness (QED) is 0.758. The second-order valence-electron chi connectivity index (χ2n) is 7.11. The standard InChI is InChI=1S/C18H20ClFN4O3/c1-10(2)4-7-14-21-15(27-23-14)9-24-16(25)18(3,22-17(24)26)12-6-5-11(20)8-13(12)19/h5-6,8,10H,4,7,9H2,1-3H3,(H,22,26). The highest BCUT2D eigenvalue weighted by Crippen LogP contribution is 2.34. The van der Waals surface area contributed by atoms with Gasteiger partial charge in [0.1, 0.15) is 17.9 Å². The monoisotopic (exact) mass is 394 g/mol. The van der Waals surface area contributed by atoms with Crippen LogP contribution in [-0.2, 0) is 23.3 Å². The van der Waals surface area contributed by atoms with E-state index in [0.717, 1.165) is 17.4 Å². The number of imide groups is 1. The van der Waals surface area contributed by atoms with Crippen molar-refractivity contribution >= 4 is 23.5 Å². The Kier molecular flexibility index (Phi) is 5.19. The first-order chi connectivity index (χ1) is 12.7. The van der Waals surface area contributed by atoms with Crippen molar-refractivity contribution in [1.29, 1.82) is 0 Å². The van der Waals surface area contributed by atoms with Crippen molar-refractivity contribution in [1.82, 2.24) is 20.4 Å². The molecule has 0 saturated carbocycles. The molecular weight excluding hydrogens is 375 g/mol. The average Bonchev–Trinajstić information content (AvgIpc) is 3.12. The minimum absolute atomic E-state index is 0.0572. The molecule has 27 heavy (non-hydrogen) atoms. The van der Waals surface area contributed by atoms with Crippen LogP contribution in [-0.4, -0.2) is 27.0 Å². The zero-order valence-electron chi connectivity index (χ0n) is 15.3. The van der Waals surface area contributed by atoms with Gasteiger partial charge in [0, 0.05) is 17.0 Å². The predicted octanol–water partition coefficient (Wildman–Crippen LogP) is 3.42. The number of urea groups is 1. The van der Waals surface area contributed by atoms with Crippen LogP contribution >= 0.6 is 11.6 Å². The van der Waals surface area contributed by atoms with Crippen LogP contribution in [0.2, 0.25) is 5.02 Å². The third-order valence-corrected chi connectivity index (χ3v) is 4.81. The summed E-state index contributed by atoms with van der Waals surface area (Å²) in [4.78, 5) is 30.5. The average molecular weight is 395 g/mol. The van der Waals surface area contributed by atoms with Crippen LogP contribution in [0.1, 0.15) is 44.5 Å². The Morgan fingerprint density at radius 3 is 2.78 bits per heavy atom. The van der Waals surface area contributed by atoms with E-state index < -0.39 is 23.3 Å². The molecule has 3 rings (SSSR count). The summed E-state index contributed by atoms with van der Waals surface area (Å²) in [6.07, 6.45) is 1.56. The molecule has 0 spiro atoms. The first kappa shape index (κ1) is 19.3. The van der Waals surface area contributed by atoms with Gasteiger partial charge in [-0.05, 0) is 31.4 Å². The van der Waals surface area contributed by atoms with Gasteiger partial charge in [0.05, 0.1) is 0 Å². The van der Waals surface area contributed by atoms with E-state index in [-0.39, 0.29) is 17.5 Å². The minimum atomic E-state index is -1.40. The summed E-state index contributed by atoms with van der Waals surface area (Å²) in [7, 11) is 0. The van der Waals surface area contributed by atoms with Crippen LogP contribution in [0.15, 0.2) is 22.7 Å². The number of aromatic nitrogens is 2. The molecule has 2 aromatic rings. The summed E-state index contributed by atoms with van der Waals surface area (Å²) in [5.41, 5.74) is -1.09. The fourth-order valence-corrected chi connectivity index (χ4v) is 3.28. The number of hydrogen-bond acceptors (Lipinski definition) is 5. The first-order valence-electron chi connectivity index (χ1n) is 8.62. The Morgan fingerprint density at radius 1 is 1.37 bits per heavy atom. The zero-order chi connectivity index (χ0) is 19.8. The second-order valence-corrected chi connectivity index (χ2v) is 7.51. The highest BCUT2D eigenvalue weighted by atomic mass is 35.5. The van der Waals surface area contributed by atoms with Crippen molar-refractivity contribution in [2.45, 2.75) is 45.7 Å². The van der Waals surface area contributed by atoms with Gasteiger partial charge in [0.2, 0.25) is 5.89 Å². The maximum Gasteiger partial charge on any atom is 0.325 e. The number of hydrogen-bond donors (Lipinski definition) is 1. The summed E-state index contributed by atoms with van der Waals surface area (Å²) in [5.74, 6) is 0.157. The largest absolute Gasteiger partial charge is 0.337 e. The number of carbonyl (C=O) groups is 2. The van der Waals surface area contributed by atoms with Gasteiger partial charge in [0.25, 0.3) is 5.91 Å². The van der Waals surface area contributed by atoms with E-state index in [4.69, 9.17) is 16.1 Å². The number of amides is 3. The molecule has 0 bridgehead atoms. The number of nitrogens with one attached hydrogen (secondary N) is 1. The molecule has 0 radical (unpaired) electrons. The molecule has 3 amide bonds. The summed E-state index contributed by atoms with van der Waals surface area (Å²) in [6.45, 7) is 5.56. The number of aryl methyl sites for hydroxylation is 1. The van der Waals surface area contributed by atoms with Crippen LogP contribution in [0.5, 0.6) is 0 Å². The number of nitrogens with zero attached hydrogens (tertiary/aromatic N) is 3.